The summed E-state index contributed by atoms with van der Waals surface area (Å²) >= 11 is 0. The van der Waals surface area contributed by atoms with Gasteiger partial charge in [-0.1, -0.05) is 0 Å². The lowest BCUT2D eigenvalue weighted by molar-refractivity contribution is 0.327. The average Bonchev–Trinajstić information content (AvgIpc) is 3.18. The quantitative estimate of drug-likeness (QED) is 0.900. The van der Waals surface area contributed by atoms with Crippen molar-refractivity contribution in [1.82, 2.24) is 15.1 Å². The topological polar surface area (TPSA) is 41.1 Å². The van der Waals surface area contributed by atoms with Gasteiger partial charge in [-0.3, -0.25) is 5.10 Å². The zero-order valence-corrected chi connectivity index (χ0v) is 11.2. The lowest BCUT2D eigenvalue weighted by Gasteiger charge is -2.14. The van der Waals surface area contributed by atoms with E-state index in [1.807, 2.05) is 0 Å². The van der Waals surface area contributed by atoms with Crippen molar-refractivity contribution in [1.29, 1.82) is 0 Å². The predicted octanol–water partition coefficient (Wildman–Crippen LogP) is 2.35. The Bertz CT molecular complexity index is 592. The number of H-pyrrole nitrogens is 1. The van der Waals surface area contributed by atoms with Crippen LogP contribution in [0.4, 0.5) is 4.39 Å². The third-order valence-electron chi connectivity index (χ3n) is 3.80. The molecule has 2 aromatic rings. The molecule has 0 bridgehead atoms. The summed E-state index contributed by atoms with van der Waals surface area (Å²) in [5.41, 5.74) is 1.50. The van der Waals surface area contributed by atoms with Crippen molar-refractivity contribution in [3.63, 3.8) is 0 Å². The zero-order valence-electron chi connectivity index (χ0n) is 11.2. The van der Waals surface area contributed by atoms with Gasteiger partial charge in [0.05, 0.1) is 18.0 Å². The molecule has 0 amide bonds. The standard InChI is InChI=1S/C14H18FN3O/c1-18(9-3-4-9)8-7-11-13-10(16-17-11)5-6-12(19-2)14(13)15/h5-6,9H,3-4,7-8H2,1-2H3,(H,16,17). The van der Waals surface area contributed by atoms with Crippen LogP contribution < -0.4 is 4.74 Å². The van der Waals surface area contributed by atoms with Crippen LogP contribution in [0.3, 0.4) is 0 Å². The van der Waals surface area contributed by atoms with Gasteiger partial charge in [0.15, 0.2) is 11.6 Å². The number of aromatic amines is 1. The number of rotatable bonds is 5. The van der Waals surface area contributed by atoms with Gasteiger partial charge in [0.1, 0.15) is 0 Å². The number of hydrogen-bond donors (Lipinski definition) is 1. The Morgan fingerprint density at radius 3 is 2.95 bits per heavy atom. The molecule has 1 heterocycles. The van der Waals surface area contributed by atoms with Gasteiger partial charge < -0.3 is 9.64 Å². The number of benzene rings is 1. The fraction of sp³-hybridized carbons (Fsp3) is 0.500. The maximum Gasteiger partial charge on any atom is 0.176 e. The molecule has 0 radical (unpaired) electrons. The normalized spacial score (nSPS) is 15.4. The highest BCUT2D eigenvalue weighted by atomic mass is 19.1. The molecule has 0 spiro atoms. The molecule has 1 fully saturated rings. The van der Waals surface area contributed by atoms with Crippen LogP contribution >= 0.6 is 0 Å². The number of nitrogens with one attached hydrogen (secondary N) is 1. The van der Waals surface area contributed by atoms with Crippen LogP contribution in [0.5, 0.6) is 5.75 Å². The summed E-state index contributed by atoms with van der Waals surface area (Å²) in [4.78, 5) is 2.32. The maximum atomic E-state index is 14.3. The summed E-state index contributed by atoms with van der Waals surface area (Å²) in [6.45, 7) is 0.915. The number of likely N-dealkylation sites (N-methyl/N-ethyl adjacent to an activating group) is 1. The Morgan fingerprint density at radius 1 is 1.47 bits per heavy atom. The van der Waals surface area contributed by atoms with Gasteiger partial charge in [0, 0.05) is 24.7 Å². The molecule has 5 heteroatoms. The van der Waals surface area contributed by atoms with Crippen molar-refractivity contribution in [3.8, 4) is 5.75 Å². The molecule has 1 N–H and O–H groups in total. The molecule has 0 aliphatic heterocycles. The van der Waals surface area contributed by atoms with Crippen molar-refractivity contribution >= 4 is 10.9 Å². The van der Waals surface area contributed by atoms with Crippen molar-refractivity contribution in [3.05, 3.63) is 23.6 Å². The second-order valence-electron chi connectivity index (χ2n) is 5.14. The molecule has 0 unspecified atom stereocenters. The van der Waals surface area contributed by atoms with E-state index < -0.39 is 0 Å². The molecular weight excluding hydrogens is 245 g/mol. The van der Waals surface area contributed by atoms with Crippen LogP contribution in [0.15, 0.2) is 12.1 Å². The molecule has 19 heavy (non-hydrogen) atoms. The van der Waals surface area contributed by atoms with Gasteiger partial charge in [0.2, 0.25) is 0 Å². The van der Waals surface area contributed by atoms with E-state index in [2.05, 4.69) is 22.1 Å². The van der Waals surface area contributed by atoms with E-state index in [1.54, 1.807) is 12.1 Å². The minimum absolute atomic E-state index is 0.269. The third kappa shape index (κ3) is 2.30. The maximum absolute atomic E-state index is 14.3. The Morgan fingerprint density at radius 2 is 2.26 bits per heavy atom. The van der Waals surface area contributed by atoms with E-state index in [-0.39, 0.29) is 11.6 Å². The Hall–Kier alpha value is -1.62. The first kappa shape index (κ1) is 12.4. The first-order valence-electron chi connectivity index (χ1n) is 6.60. The molecule has 4 nitrogen and oxygen atoms in total. The molecule has 1 aliphatic rings. The van der Waals surface area contributed by atoms with Crippen LogP contribution in [0.25, 0.3) is 10.9 Å². The second-order valence-corrected chi connectivity index (χ2v) is 5.14. The fourth-order valence-electron chi connectivity index (χ4n) is 2.44. The summed E-state index contributed by atoms with van der Waals surface area (Å²) < 4.78 is 19.3. The SMILES string of the molecule is COc1ccc2n[nH]c(CCN(C)C3CC3)c2c1F. The number of hydrogen-bond acceptors (Lipinski definition) is 3. The molecule has 0 atom stereocenters. The monoisotopic (exact) mass is 263 g/mol. The fourth-order valence-corrected chi connectivity index (χ4v) is 2.44. The van der Waals surface area contributed by atoms with E-state index in [9.17, 15) is 4.39 Å². The number of fused-ring (bicyclic) bond motifs is 1. The van der Waals surface area contributed by atoms with Gasteiger partial charge in [-0.2, -0.15) is 5.10 Å². The van der Waals surface area contributed by atoms with E-state index in [0.717, 1.165) is 18.7 Å². The van der Waals surface area contributed by atoms with Crippen molar-refractivity contribution in [2.24, 2.45) is 0 Å². The summed E-state index contributed by atoms with van der Waals surface area (Å²) in [5.74, 6) is -0.0523. The van der Waals surface area contributed by atoms with Crippen LogP contribution in [-0.4, -0.2) is 41.8 Å². The third-order valence-corrected chi connectivity index (χ3v) is 3.80. The van der Waals surface area contributed by atoms with E-state index in [0.29, 0.717) is 16.9 Å². The molecule has 102 valence electrons. The van der Waals surface area contributed by atoms with Gasteiger partial charge in [0.25, 0.3) is 0 Å². The highest BCUT2D eigenvalue weighted by Gasteiger charge is 2.26. The van der Waals surface area contributed by atoms with Crippen molar-refractivity contribution in [2.45, 2.75) is 25.3 Å². The average molecular weight is 263 g/mol. The summed E-state index contributed by atoms with van der Waals surface area (Å²) in [6.07, 6.45) is 3.33. The number of nitrogens with zero attached hydrogens (tertiary/aromatic N) is 2. The highest BCUT2D eigenvalue weighted by molar-refractivity contribution is 5.83. The molecular formula is C14H18FN3O. The van der Waals surface area contributed by atoms with Gasteiger partial charge in [-0.15, -0.1) is 0 Å². The minimum atomic E-state index is -0.321. The van der Waals surface area contributed by atoms with Crippen LogP contribution in [-0.2, 0) is 6.42 Å². The highest BCUT2D eigenvalue weighted by Crippen LogP contribution is 2.29. The minimum Gasteiger partial charge on any atom is -0.494 e. The molecule has 0 saturated heterocycles. The zero-order chi connectivity index (χ0) is 13.4. The molecule has 1 aliphatic carbocycles. The predicted molar refractivity (Wildman–Crippen MR) is 72.0 cm³/mol. The Balaban J connectivity index is 1.86. The van der Waals surface area contributed by atoms with E-state index in [4.69, 9.17) is 4.74 Å². The van der Waals surface area contributed by atoms with Gasteiger partial charge in [-0.25, -0.2) is 4.39 Å². The first-order chi connectivity index (χ1) is 9.20. The molecule has 3 rings (SSSR count). The number of aromatic nitrogens is 2. The summed E-state index contributed by atoms with van der Waals surface area (Å²) in [7, 11) is 3.60. The van der Waals surface area contributed by atoms with E-state index >= 15 is 0 Å². The molecule has 1 saturated carbocycles. The second kappa shape index (κ2) is 4.81. The molecule has 1 aromatic heterocycles. The number of methoxy groups -OCH3 is 1. The van der Waals surface area contributed by atoms with Crippen LogP contribution in [0.1, 0.15) is 18.5 Å². The summed E-state index contributed by atoms with van der Waals surface area (Å²) in [5, 5.41) is 7.66. The van der Waals surface area contributed by atoms with Crippen LogP contribution in [0.2, 0.25) is 0 Å². The van der Waals surface area contributed by atoms with Gasteiger partial charge in [-0.05, 0) is 32.0 Å². The largest absolute Gasteiger partial charge is 0.494 e. The smallest absolute Gasteiger partial charge is 0.176 e. The lowest BCUT2D eigenvalue weighted by Crippen LogP contribution is -2.23. The molecule has 1 aromatic carbocycles. The van der Waals surface area contributed by atoms with Crippen molar-refractivity contribution < 1.29 is 9.13 Å². The summed E-state index contributed by atoms with van der Waals surface area (Å²) in [6, 6.07) is 4.11. The first-order valence-corrected chi connectivity index (χ1v) is 6.60. The van der Waals surface area contributed by atoms with Crippen LogP contribution in [0, 0.1) is 5.82 Å². The number of halogens is 1. The van der Waals surface area contributed by atoms with Crippen molar-refractivity contribution in [2.75, 3.05) is 20.7 Å². The van der Waals surface area contributed by atoms with Gasteiger partial charge >= 0.3 is 0 Å². The van der Waals surface area contributed by atoms with E-state index in [1.165, 1.54) is 20.0 Å². The Labute approximate surface area is 111 Å². The lowest BCUT2D eigenvalue weighted by atomic mass is 10.1. The Kier molecular flexibility index (Phi) is 3.14. The number of ether oxygens (including phenoxy) is 1.